The summed E-state index contributed by atoms with van der Waals surface area (Å²) in [4.78, 5) is 36.8. The second-order valence-electron chi connectivity index (χ2n) is 8.43. The fourth-order valence-corrected chi connectivity index (χ4v) is 3.61. The van der Waals surface area contributed by atoms with Gasteiger partial charge in [0, 0.05) is 11.4 Å². The van der Waals surface area contributed by atoms with Crippen LogP contribution in [0.25, 0.3) is 0 Å². The van der Waals surface area contributed by atoms with E-state index in [-0.39, 0.29) is 12.5 Å². The Hall–Kier alpha value is -4.66. The molecular weight excluding hydrogens is 472 g/mol. The molecule has 3 rings (SSSR count). The van der Waals surface area contributed by atoms with E-state index in [0.717, 1.165) is 27.9 Å². The zero-order valence-electron chi connectivity index (χ0n) is 21.5. The molecule has 3 aromatic rings. The van der Waals surface area contributed by atoms with E-state index in [1.165, 1.54) is 13.3 Å². The van der Waals surface area contributed by atoms with Crippen molar-refractivity contribution in [3.8, 4) is 11.5 Å². The zero-order chi connectivity index (χ0) is 26.9. The lowest BCUT2D eigenvalue weighted by Crippen LogP contribution is -2.32. The Morgan fingerprint density at radius 1 is 0.784 bits per heavy atom. The van der Waals surface area contributed by atoms with Crippen LogP contribution in [0.15, 0.2) is 59.7 Å². The number of methoxy groups -OCH3 is 1. The first kappa shape index (κ1) is 26.9. The molecule has 0 atom stereocenters. The number of hydrogen-bond donors (Lipinski definition) is 3. The highest BCUT2D eigenvalue weighted by molar-refractivity contribution is 6.39. The normalized spacial score (nSPS) is 10.6. The molecule has 0 aliphatic rings. The average molecular weight is 503 g/mol. The van der Waals surface area contributed by atoms with Gasteiger partial charge in [-0.1, -0.05) is 36.4 Å². The molecule has 0 spiro atoms. The van der Waals surface area contributed by atoms with Crippen molar-refractivity contribution < 1.29 is 23.9 Å². The van der Waals surface area contributed by atoms with Gasteiger partial charge in [0.1, 0.15) is 0 Å². The summed E-state index contributed by atoms with van der Waals surface area (Å²) in [5.74, 6) is -1.28. The van der Waals surface area contributed by atoms with Crippen LogP contribution in [0.5, 0.6) is 11.5 Å². The number of rotatable bonds is 8. The van der Waals surface area contributed by atoms with Gasteiger partial charge in [-0.25, -0.2) is 5.43 Å². The molecule has 0 unspecified atom stereocenters. The topological polar surface area (TPSA) is 118 Å². The van der Waals surface area contributed by atoms with Gasteiger partial charge in [-0.3, -0.25) is 14.4 Å². The number of anilines is 2. The van der Waals surface area contributed by atoms with Gasteiger partial charge in [-0.05, 0) is 73.7 Å². The third kappa shape index (κ3) is 7.17. The quantitative estimate of drug-likeness (QED) is 0.244. The Balaban J connectivity index is 1.56. The highest BCUT2D eigenvalue weighted by atomic mass is 16.5. The van der Waals surface area contributed by atoms with Crippen molar-refractivity contribution in [2.75, 3.05) is 24.4 Å². The molecule has 0 saturated heterocycles. The third-order valence-electron chi connectivity index (χ3n) is 5.60. The monoisotopic (exact) mass is 502 g/mol. The van der Waals surface area contributed by atoms with E-state index in [1.807, 2.05) is 64.1 Å². The van der Waals surface area contributed by atoms with Crippen molar-refractivity contribution in [1.29, 1.82) is 0 Å². The van der Waals surface area contributed by atoms with Gasteiger partial charge in [0.05, 0.1) is 13.3 Å². The Labute approximate surface area is 215 Å². The highest BCUT2D eigenvalue weighted by Gasteiger charge is 2.15. The van der Waals surface area contributed by atoms with Crippen LogP contribution in [0.4, 0.5) is 11.4 Å². The number of carbonyl (C=O) groups excluding carboxylic acids is 3. The number of ether oxygens (including phenoxy) is 2. The van der Waals surface area contributed by atoms with Gasteiger partial charge in [0.15, 0.2) is 18.1 Å². The van der Waals surface area contributed by atoms with Gasteiger partial charge in [0.25, 0.3) is 5.91 Å². The van der Waals surface area contributed by atoms with Crippen LogP contribution in [-0.2, 0) is 14.4 Å². The van der Waals surface area contributed by atoms with E-state index in [0.29, 0.717) is 22.7 Å². The lowest BCUT2D eigenvalue weighted by molar-refractivity contribution is -0.136. The molecule has 0 heterocycles. The molecule has 0 aliphatic carbocycles. The number of aryl methyl sites for hydroxylation is 4. The van der Waals surface area contributed by atoms with Crippen LogP contribution in [0.2, 0.25) is 0 Å². The van der Waals surface area contributed by atoms with Crippen molar-refractivity contribution in [3.05, 3.63) is 82.4 Å². The molecule has 3 aromatic carbocycles. The number of carbonyl (C=O) groups is 3. The molecule has 0 bridgehead atoms. The van der Waals surface area contributed by atoms with E-state index < -0.39 is 11.8 Å². The molecule has 0 aliphatic heterocycles. The number of nitrogens with zero attached hydrogens (tertiary/aromatic N) is 1. The van der Waals surface area contributed by atoms with Crippen LogP contribution in [0, 0.1) is 27.7 Å². The maximum absolute atomic E-state index is 12.4. The van der Waals surface area contributed by atoms with Crippen molar-refractivity contribution in [3.63, 3.8) is 0 Å². The first-order valence-electron chi connectivity index (χ1n) is 11.6. The minimum Gasteiger partial charge on any atom is -0.493 e. The van der Waals surface area contributed by atoms with Crippen molar-refractivity contribution in [2.45, 2.75) is 27.7 Å². The molecule has 37 heavy (non-hydrogen) atoms. The summed E-state index contributed by atoms with van der Waals surface area (Å²) in [6.07, 6.45) is 1.37. The molecule has 9 heteroatoms. The number of amides is 3. The largest absolute Gasteiger partial charge is 0.493 e. The summed E-state index contributed by atoms with van der Waals surface area (Å²) >= 11 is 0. The summed E-state index contributed by atoms with van der Waals surface area (Å²) in [6.45, 7) is 7.33. The molecule has 0 saturated carbocycles. The molecule has 9 nitrogen and oxygen atoms in total. The van der Waals surface area contributed by atoms with Crippen LogP contribution < -0.4 is 25.5 Å². The summed E-state index contributed by atoms with van der Waals surface area (Å²) in [7, 11) is 1.47. The van der Waals surface area contributed by atoms with E-state index in [2.05, 4.69) is 21.2 Å². The maximum atomic E-state index is 12.4. The zero-order valence-corrected chi connectivity index (χ0v) is 21.5. The van der Waals surface area contributed by atoms with Crippen LogP contribution in [-0.4, -0.2) is 37.7 Å². The van der Waals surface area contributed by atoms with Gasteiger partial charge in [0.2, 0.25) is 0 Å². The Morgan fingerprint density at radius 3 is 1.92 bits per heavy atom. The van der Waals surface area contributed by atoms with Crippen LogP contribution in [0.1, 0.15) is 27.8 Å². The SMILES string of the molecule is COc1cc(/C=N\NC(=O)C(=O)Nc2c(C)cccc2C)ccc1OCC(=O)Nc1c(C)cccc1C. The standard InChI is InChI=1S/C28H30N4O5/c1-17-8-6-9-18(2)25(17)30-24(33)16-37-22-13-12-21(14-23(22)36-5)15-29-32-28(35)27(34)31-26-19(3)10-7-11-20(26)4/h6-15H,16H2,1-5H3,(H,30,33)(H,31,34)(H,32,35)/b29-15-. The summed E-state index contributed by atoms with van der Waals surface area (Å²) < 4.78 is 11.0. The van der Waals surface area contributed by atoms with Gasteiger partial charge in [-0.15, -0.1) is 0 Å². The Kier molecular flexibility index (Phi) is 8.99. The molecule has 0 fully saturated rings. The summed E-state index contributed by atoms with van der Waals surface area (Å²) in [6, 6.07) is 16.3. The number of benzene rings is 3. The predicted molar refractivity (Wildman–Crippen MR) is 143 cm³/mol. The second-order valence-corrected chi connectivity index (χ2v) is 8.43. The van der Waals surface area contributed by atoms with Crippen molar-refractivity contribution in [2.24, 2.45) is 5.10 Å². The third-order valence-corrected chi connectivity index (χ3v) is 5.60. The molecule has 0 radical (unpaired) electrons. The number of para-hydroxylation sites is 2. The maximum Gasteiger partial charge on any atom is 0.329 e. The first-order chi connectivity index (χ1) is 17.7. The molecule has 3 amide bonds. The molecular formula is C28H30N4O5. The van der Waals surface area contributed by atoms with Gasteiger partial charge < -0.3 is 20.1 Å². The lowest BCUT2D eigenvalue weighted by atomic mass is 10.1. The number of nitrogens with one attached hydrogen (secondary N) is 3. The Bertz CT molecular complexity index is 1310. The highest BCUT2D eigenvalue weighted by Crippen LogP contribution is 2.28. The van der Waals surface area contributed by atoms with Crippen molar-refractivity contribution >= 4 is 35.3 Å². The fraction of sp³-hybridized carbons (Fsp3) is 0.214. The van der Waals surface area contributed by atoms with E-state index in [4.69, 9.17) is 9.47 Å². The van der Waals surface area contributed by atoms with Crippen LogP contribution in [0.3, 0.4) is 0 Å². The van der Waals surface area contributed by atoms with Gasteiger partial charge >= 0.3 is 11.8 Å². The minimum absolute atomic E-state index is 0.205. The van der Waals surface area contributed by atoms with Gasteiger partial charge in [-0.2, -0.15) is 5.10 Å². The van der Waals surface area contributed by atoms with Crippen LogP contribution >= 0.6 is 0 Å². The minimum atomic E-state index is -0.902. The van der Waals surface area contributed by atoms with E-state index in [9.17, 15) is 14.4 Å². The number of hydrazone groups is 1. The van der Waals surface area contributed by atoms with E-state index in [1.54, 1.807) is 18.2 Å². The van der Waals surface area contributed by atoms with E-state index >= 15 is 0 Å². The molecule has 0 aromatic heterocycles. The fourth-order valence-electron chi connectivity index (χ4n) is 3.61. The molecule has 3 N–H and O–H groups in total. The average Bonchev–Trinajstić information content (AvgIpc) is 2.87. The molecule has 192 valence electrons. The Morgan fingerprint density at radius 2 is 1.35 bits per heavy atom. The first-order valence-corrected chi connectivity index (χ1v) is 11.6. The smallest absolute Gasteiger partial charge is 0.329 e. The second kappa shape index (κ2) is 12.3. The summed E-state index contributed by atoms with van der Waals surface area (Å²) in [5.41, 5.74) is 7.77. The predicted octanol–water partition coefficient (Wildman–Crippen LogP) is 4.04. The van der Waals surface area contributed by atoms with Crippen molar-refractivity contribution in [1.82, 2.24) is 5.43 Å². The summed E-state index contributed by atoms with van der Waals surface area (Å²) in [5, 5.41) is 9.32. The lowest BCUT2D eigenvalue weighted by Gasteiger charge is -2.13. The number of hydrogen-bond acceptors (Lipinski definition) is 6.